The maximum atomic E-state index is 6.00. The lowest BCUT2D eigenvalue weighted by Gasteiger charge is -2.07. The van der Waals surface area contributed by atoms with Gasteiger partial charge in [-0.15, -0.1) is 11.3 Å². The van der Waals surface area contributed by atoms with E-state index in [1.165, 1.54) is 32.1 Å². The Morgan fingerprint density at radius 1 is 1.36 bits per heavy atom. The van der Waals surface area contributed by atoms with Crippen LogP contribution in [0.3, 0.4) is 0 Å². The first-order valence-corrected chi connectivity index (χ1v) is 6.37. The number of nitrogens with zero attached hydrogens (tertiary/aromatic N) is 1. The molecule has 80 valence electrons. The lowest BCUT2D eigenvalue weighted by Crippen LogP contribution is -2.09. The number of nitrogens with two attached hydrogens (primary N) is 1. The normalized spacial score (nSPS) is 13.0. The van der Waals surface area contributed by atoms with Crippen LogP contribution in [0.4, 0.5) is 0 Å². The van der Waals surface area contributed by atoms with E-state index in [1.807, 2.05) is 11.6 Å². The molecule has 3 heteroatoms. The zero-order valence-electron chi connectivity index (χ0n) is 8.91. The van der Waals surface area contributed by atoms with E-state index in [0.29, 0.717) is 0 Å². The number of hydrogen-bond donors (Lipinski definition) is 1. The van der Waals surface area contributed by atoms with Crippen molar-refractivity contribution in [3.8, 4) is 0 Å². The largest absolute Gasteiger partial charge is 0.322 e. The highest BCUT2D eigenvalue weighted by atomic mass is 32.1. The predicted octanol–water partition coefficient (Wildman–Crippen LogP) is 3.50. The van der Waals surface area contributed by atoms with Gasteiger partial charge in [-0.2, -0.15) is 0 Å². The standard InChI is InChI=1S/C11H20N2S/c1-2-3-4-5-6-7-10(12)11-13-8-9-14-11/h8-10H,2-7,12H2,1H3. The SMILES string of the molecule is CCCCCCCC(N)c1nccs1. The van der Waals surface area contributed by atoms with Gasteiger partial charge in [0.25, 0.3) is 0 Å². The van der Waals surface area contributed by atoms with Crippen molar-refractivity contribution >= 4 is 11.3 Å². The monoisotopic (exact) mass is 212 g/mol. The molecule has 0 amide bonds. The fourth-order valence-corrected chi connectivity index (χ4v) is 2.18. The van der Waals surface area contributed by atoms with Crippen molar-refractivity contribution < 1.29 is 0 Å². The van der Waals surface area contributed by atoms with Gasteiger partial charge in [0, 0.05) is 11.6 Å². The van der Waals surface area contributed by atoms with Crippen LogP contribution in [0.1, 0.15) is 56.5 Å². The van der Waals surface area contributed by atoms with E-state index in [1.54, 1.807) is 11.3 Å². The number of hydrogen-bond acceptors (Lipinski definition) is 3. The molecule has 1 aromatic rings. The molecule has 1 heterocycles. The Morgan fingerprint density at radius 2 is 2.14 bits per heavy atom. The van der Waals surface area contributed by atoms with Crippen molar-refractivity contribution in [3.63, 3.8) is 0 Å². The summed E-state index contributed by atoms with van der Waals surface area (Å²) in [6.07, 6.45) is 9.47. The predicted molar refractivity (Wildman–Crippen MR) is 62.4 cm³/mol. The molecule has 0 aliphatic heterocycles. The zero-order valence-corrected chi connectivity index (χ0v) is 9.72. The van der Waals surface area contributed by atoms with E-state index < -0.39 is 0 Å². The molecule has 1 rings (SSSR count). The van der Waals surface area contributed by atoms with Crippen molar-refractivity contribution in [3.05, 3.63) is 16.6 Å². The molecule has 0 bridgehead atoms. The topological polar surface area (TPSA) is 38.9 Å². The first-order chi connectivity index (χ1) is 6.84. The molecule has 0 fully saturated rings. The van der Waals surface area contributed by atoms with Gasteiger partial charge >= 0.3 is 0 Å². The van der Waals surface area contributed by atoms with Crippen molar-refractivity contribution in [1.82, 2.24) is 4.98 Å². The second-order valence-corrected chi connectivity index (χ2v) is 4.61. The van der Waals surface area contributed by atoms with Crippen LogP contribution >= 0.6 is 11.3 Å². The number of unbranched alkanes of at least 4 members (excludes halogenated alkanes) is 4. The van der Waals surface area contributed by atoms with Crippen LogP contribution in [0.2, 0.25) is 0 Å². The molecule has 0 aliphatic carbocycles. The molecule has 1 atom stereocenters. The summed E-state index contributed by atoms with van der Waals surface area (Å²) in [6.45, 7) is 2.24. The average molecular weight is 212 g/mol. The highest BCUT2D eigenvalue weighted by molar-refractivity contribution is 7.09. The Labute approximate surface area is 90.6 Å². The average Bonchev–Trinajstić information content (AvgIpc) is 2.70. The molecule has 1 unspecified atom stereocenters. The summed E-state index contributed by atoms with van der Waals surface area (Å²) in [5.41, 5.74) is 6.00. The van der Waals surface area contributed by atoms with Gasteiger partial charge in [-0.05, 0) is 6.42 Å². The highest BCUT2D eigenvalue weighted by Gasteiger charge is 2.07. The highest BCUT2D eigenvalue weighted by Crippen LogP contribution is 2.19. The van der Waals surface area contributed by atoms with Crippen LogP contribution in [0.15, 0.2) is 11.6 Å². The fourth-order valence-electron chi connectivity index (χ4n) is 1.51. The summed E-state index contributed by atoms with van der Waals surface area (Å²) < 4.78 is 0. The Balaban J connectivity index is 2.07. The van der Waals surface area contributed by atoms with Gasteiger partial charge in [-0.3, -0.25) is 0 Å². The minimum absolute atomic E-state index is 0.164. The molecule has 2 nitrogen and oxygen atoms in total. The molecule has 0 aromatic carbocycles. The quantitative estimate of drug-likeness (QED) is 0.702. The second kappa shape index (κ2) is 6.96. The third-order valence-electron chi connectivity index (χ3n) is 2.39. The number of thiazole rings is 1. The number of rotatable bonds is 7. The molecule has 0 aliphatic rings. The minimum Gasteiger partial charge on any atom is -0.322 e. The molecule has 1 aromatic heterocycles. The number of aromatic nitrogens is 1. The first kappa shape index (κ1) is 11.7. The molecule has 0 saturated carbocycles. The van der Waals surface area contributed by atoms with Crippen molar-refractivity contribution in [1.29, 1.82) is 0 Å². The maximum Gasteiger partial charge on any atom is 0.109 e. The Morgan fingerprint density at radius 3 is 2.79 bits per heavy atom. The van der Waals surface area contributed by atoms with Crippen molar-refractivity contribution in [2.75, 3.05) is 0 Å². The van der Waals surface area contributed by atoms with E-state index in [-0.39, 0.29) is 6.04 Å². The van der Waals surface area contributed by atoms with Crippen molar-refractivity contribution in [2.45, 2.75) is 51.5 Å². The first-order valence-electron chi connectivity index (χ1n) is 5.49. The zero-order chi connectivity index (χ0) is 10.2. The lowest BCUT2D eigenvalue weighted by atomic mass is 10.1. The van der Waals surface area contributed by atoms with Crippen LogP contribution in [0.5, 0.6) is 0 Å². The van der Waals surface area contributed by atoms with Crippen LogP contribution < -0.4 is 5.73 Å². The van der Waals surface area contributed by atoms with Crippen LogP contribution in [0.25, 0.3) is 0 Å². The van der Waals surface area contributed by atoms with E-state index in [0.717, 1.165) is 11.4 Å². The third kappa shape index (κ3) is 4.20. The van der Waals surface area contributed by atoms with E-state index in [2.05, 4.69) is 11.9 Å². The van der Waals surface area contributed by atoms with Gasteiger partial charge in [-0.25, -0.2) is 4.98 Å². The Kier molecular flexibility index (Phi) is 5.80. The van der Waals surface area contributed by atoms with Crippen LogP contribution in [-0.2, 0) is 0 Å². The van der Waals surface area contributed by atoms with E-state index in [9.17, 15) is 0 Å². The molecule has 0 spiro atoms. The van der Waals surface area contributed by atoms with E-state index in [4.69, 9.17) is 5.73 Å². The van der Waals surface area contributed by atoms with Crippen LogP contribution in [-0.4, -0.2) is 4.98 Å². The molecule has 0 saturated heterocycles. The molecular formula is C11H20N2S. The molecule has 14 heavy (non-hydrogen) atoms. The van der Waals surface area contributed by atoms with Crippen LogP contribution in [0, 0.1) is 0 Å². The van der Waals surface area contributed by atoms with Gasteiger partial charge in [0.05, 0.1) is 6.04 Å². The van der Waals surface area contributed by atoms with Gasteiger partial charge in [0.1, 0.15) is 5.01 Å². The van der Waals surface area contributed by atoms with Gasteiger partial charge in [-0.1, -0.05) is 39.0 Å². The summed E-state index contributed by atoms with van der Waals surface area (Å²) in [7, 11) is 0. The summed E-state index contributed by atoms with van der Waals surface area (Å²) in [5.74, 6) is 0. The fraction of sp³-hybridized carbons (Fsp3) is 0.727. The molecule has 2 N–H and O–H groups in total. The molecule has 0 radical (unpaired) electrons. The van der Waals surface area contributed by atoms with Gasteiger partial charge in [0.2, 0.25) is 0 Å². The summed E-state index contributed by atoms with van der Waals surface area (Å²) >= 11 is 1.66. The minimum atomic E-state index is 0.164. The summed E-state index contributed by atoms with van der Waals surface area (Å²) in [6, 6.07) is 0.164. The third-order valence-corrected chi connectivity index (χ3v) is 3.29. The van der Waals surface area contributed by atoms with Crippen molar-refractivity contribution in [2.24, 2.45) is 5.73 Å². The second-order valence-electron chi connectivity index (χ2n) is 3.68. The molecular weight excluding hydrogens is 192 g/mol. The Bertz CT molecular complexity index is 221. The lowest BCUT2D eigenvalue weighted by molar-refractivity contribution is 0.554. The smallest absolute Gasteiger partial charge is 0.109 e. The van der Waals surface area contributed by atoms with Gasteiger partial charge in [0.15, 0.2) is 0 Å². The maximum absolute atomic E-state index is 6.00. The summed E-state index contributed by atoms with van der Waals surface area (Å²) in [4.78, 5) is 4.22. The summed E-state index contributed by atoms with van der Waals surface area (Å²) in [5, 5.41) is 3.08. The van der Waals surface area contributed by atoms with Gasteiger partial charge < -0.3 is 5.73 Å². The Hall–Kier alpha value is -0.410. The van der Waals surface area contributed by atoms with E-state index >= 15 is 0 Å².